The van der Waals surface area contributed by atoms with Gasteiger partial charge in [0, 0.05) is 0 Å². The van der Waals surface area contributed by atoms with Crippen molar-refractivity contribution >= 4 is 23.4 Å². The molecule has 7 heteroatoms. The van der Waals surface area contributed by atoms with Crippen LogP contribution in [0.15, 0.2) is 17.8 Å². The fourth-order valence-electron chi connectivity index (χ4n) is 1.23. The molecular formula is C9H9N5O2. The van der Waals surface area contributed by atoms with Crippen LogP contribution < -0.4 is 11.1 Å². The van der Waals surface area contributed by atoms with Crippen molar-refractivity contribution in [2.75, 3.05) is 7.11 Å². The van der Waals surface area contributed by atoms with Crippen LogP contribution in [0.5, 0.6) is 0 Å². The number of methoxy groups -OCH3 is 1. The van der Waals surface area contributed by atoms with Crippen molar-refractivity contribution in [2.24, 2.45) is 10.7 Å². The van der Waals surface area contributed by atoms with Gasteiger partial charge in [-0.3, -0.25) is 0 Å². The molecule has 2 heterocycles. The van der Waals surface area contributed by atoms with E-state index in [9.17, 15) is 4.79 Å². The zero-order chi connectivity index (χ0) is 11.7. The lowest BCUT2D eigenvalue weighted by Crippen LogP contribution is -2.32. The van der Waals surface area contributed by atoms with Gasteiger partial charge in [0.25, 0.3) is 0 Å². The molecule has 0 amide bonds. The third-order valence-corrected chi connectivity index (χ3v) is 1.94. The van der Waals surface area contributed by atoms with Crippen molar-refractivity contribution in [1.29, 1.82) is 0 Å². The molecule has 0 spiro atoms. The molecule has 0 fully saturated rings. The van der Waals surface area contributed by atoms with Crippen molar-refractivity contribution in [3.8, 4) is 0 Å². The maximum absolute atomic E-state index is 11.2. The molecule has 0 saturated carbocycles. The lowest BCUT2D eigenvalue weighted by atomic mass is 10.3. The number of aromatic nitrogens is 2. The Morgan fingerprint density at radius 3 is 3.06 bits per heavy atom. The predicted octanol–water partition coefficient (Wildman–Crippen LogP) is -0.217. The maximum atomic E-state index is 11.2. The Morgan fingerprint density at radius 2 is 2.38 bits per heavy atom. The summed E-state index contributed by atoms with van der Waals surface area (Å²) >= 11 is 0. The number of guanidine groups is 1. The van der Waals surface area contributed by atoms with E-state index < -0.39 is 5.97 Å². The van der Waals surface area contributed by atoms with Crippen molar-refractivity contribution in [3.63, 3.8) is 0 Å². The Hall–Kier alpha value is -2.44. The molecule has 2 rings (SSSR count). The predicted molar refractivity (Wildman–Crippen MR) is 56.8 cm³/mol. The van der Waals surface area contributed by atoms with Gasteiger partial charge in [-0.15, -0.1) is 0 Å². The number of rotatable bonds is 1. The minimum absolute atomic E-state index is 0.0764. The second kappa shape index (κ2) is 3.61. The molecule has 3 N–H and O–H groups in total. The lowest BCUT2D eigenvalue weighted by Gasteiger charge is -2.15. The lowest BCUT2D eigenvalue weighted by molar-refractivity contribution is 0.0593. The van der Waals surface area contributed by atoms with Crippen molar-refractivity contribution in [3.05, 3.63) is 24.2 Å². The van der Waals surface area contributed by atoms with Gasteiger partial charge in [-0.1, -0.05) is 6.58 Å². The van der Waals surface area contributed by atoms with E-state index >= 15 is 0 Å². The molecule has 16 heavy (non-hydrogen) atoms. The summed E-state index contributed by atoms with van der Waals surface area (Å²) in [6.45, 7) is 3.71. The minimum atomic E-state index is -0.576. The Balaban J connectivity index is 2.51. The van der Waals surface area contributed by atoms with Gasteiger partial charge in [0.2, 0.25) is 0 Å². The number of nitrogens with one attached hydrogen (secondary N) is 1. The van der Waals surface area contributed by atoms with E-state index in [0.717, 1.165) is 0 Å². The number of carbonyl (C=O) groups is 1. The summed E-state index contributed by atoms with van der Waals surface area (Å²) in [7, 11) is 1.27. The van der Waals surface area contributed by atoms with E-state index in [1.165, 1.54) is 13.3 Å². The molecule has 0 aromatic carbocycles. The average molecular weight is 219 g/mol. The summed E-state index contributed by atoms with van der Waals surface area (Å²) in [5.74, 6) is -0.161. The highest BCUT2D eigenvalue weighted by molar-refractivity contribution is 5.94. The SMILES string of the molecule is C=C1NC(N)=Nc2nc(C(=O)OC)cnc21. The monoisotopic (exact) mass is 219 g/mol. The second-order valence-electron chi connectivity index (χ2n) is 3.02. The van der Waals surface area contributed by atoms with Gasteiger partial charge in [-0.2, -0.15) is 4.99 Å². The molecule has 1 aliphatic heterocycles. The van der Waals surface area contributed by atoms with E-state index in [2.05, 4.69) is 31.6 Å². The number of nitrogens with two attached hydrogens (primary N) is 1. The molecule has 1 aromatic heterocycles. The summed E-state index contributed by atoms with van der Waals surface area (Å²) in [6.07, 6.45) is 1.30. The van der Waals surface area contributed by atoms with Crippen LogP contribution >= 0.6 is 0 Å². The number of aliphatic imine (C=N–C) groups is 1. The normalized spacial score (nSPS) is 13.6. The smallest absolute Gasteiger partial charge is 0.358 e. The van der Waals surface area contributed by atoms with Gasteiger partial charge < -0.3 is 15.8 Å². The van der Waals surface area contributed by atoms with Gasteiger partial charge in [0.15, 0.2) is 17.5 Å². The van der Waals surface area contributed by atoms with Crippen LogP contribution in [0.25, 0.3) is 5.70 Å². The van der Waals surface area contributed by atoms with E-state index in [1.807, 2.05) is 0 Å². The minimum Gasteiger partial charge on any atom is -0.464 e. The van der Waals surface area contributed by atoms with E-state index in [4.69, 9.17) is 5.73 Å². The van der Waals surface area contributed by atoms with Crippen molar-refractivity contribution < 1.29 is 9.53 Å². The number of esters is 1. The highest BCUT2D eigenvalue weighted by atomic mass is 16.5. The third kappa shape index (κ3) is 1.58. The van der Waals surface area contributed by atoms with Crippen LogP contribution in [0.4, 0.5) is 5.82 Å². The van der Waals surface area contributed by atoms with Crippen LogP contribution in [0.3, 0.4) is 0 Å². The van der Waals surface area contributed by atoms with Crippen LogP contribution in [-0.2, 0) is 4.74 Å². The first-order chi connectivity index (χ1) is 7.61. The Labute approximate surface area is 91.1 Å². The summed E-state index contributed by atoms with van der Waals surface area (Å²) in [5, 5.41) is 2.71. The van der Waals surface area contributed by atoms with E-state index in [0.29, 0.717) is 11.4 Å². The molecule has 0 atom stereocenters. The number of fused-ring (bicyclic) bond motifs is 1. The molecular weight excluding hydrogens is 210 g/mol. The van der Waals surface area contributed by atoms with Gasteiger partial charge in [0.1, 0.15) is 5.69 Å². The first-order valence-corrected chi connectivity index (χ1v) is 4.37. The van der Waals surface area contributed by atoms with Crippen LogP contribution in [0.1, 0.15) is 16.2 Å². The molecule has 0 saturated heterocycles. The van der Waals surface area contributed by atoms with Crippen molar-refractivity contribution in [2.45, 2.75) is 0 Å². The zero-order valence-corrected chi connectivity index (χ0v) is 8.52. The number of ether oxygens (including phenoxy) is 1. The standard InChI is InChI=1S/C9H9N5O2/c1-4-6-7(14-9(10)12-4)13-5(3-11-6)8(15)16-2/h3H,1H2,2H3,(H3,10,12,13,14). The highest BCUT2D eigenvalue weighted by Crippen LogP contribution is 2.22. The molecule has 7 nitrogen and oxygen atoms in total. The second-order valence-corrected chi connectivity index (χ2v) is 3.02. The largest absolute Gasteiger partial charge is 0.464 e. The first kappa shape index (κ1) is 10.1. The summed E-state index contributed by atoms with van der Waals surface area (Å²) in [5.41, 5.74) is 6.52. The van der Waals surface area contributed by atoms with Gasteiger partial charge >= 0.3 is 5.97 Å². The molecule has 0 unspecified atom stereocenters. The van der Waals surface area contributed by atoms with Crippen LogP contribution in [0, 0.1) is 0 Å². The fraction of sp³-hybridized carbons (Fsp3) is 0.111. The van der Waals surface area contributed by atoms with Gasteiger partial charge in [-0.05, 0) is 0 Å². The molecule has 82 valence electrons. The molecule has 1 aliphatic rings. The number of hydrogen-bond acceptors (Lipinski definition) is 7. The van der Waals surface area contributed by atoms with Crippen LogP contribution in [-0.4, -0.2) is 29.0 Å². The van der Waals surface area contributed by atoms with Crippen molar-refractivity contribution in [1.82, 2.24) is 15.3 Å². The average Bonchev–Trinajstić information content (AvgIpc) is 2.27. The van der Waals surface area contributed by atoms with Gasteiger partial charge in [0.05, 0.1) is 19.0 Å². The number of nitrogens with zero attached hydrogens (tertiary/aromatic N) is 3. The van der Waals surface area contributed by atoms with Crippen LogP contribution in [0.2, 0.25) is 0 Å². The first-order valence-electron chi connectivity index (χ1n) is 4.37. The Bertz CT molecular complexity index is 509. The molecule has 0 bridgehead atoms. The highest BCUT2D eigenvalue weighted by Gasteiger charge is 2.18. The molecule has 0 aliphatic carbocycles. The number of carbonyl (C=O) groups excluding carboxylic acids is 1. The Kier molecular flexibility index (Phi) is 2.28. The van der Waals surface area contributed by atoms with E-state index in [1.54, 1.807) is 0 Å². The maximum Gasteiger partial charge on any atom is 0.358 e. The Morgan fingerprint density at radius 1 is 1.62 bits per heavy atom. The third-order valence-electron chi connectivity index (χ3n) is 1.94. The zero-order valence-electron chi connectivity index (χ0n) is 8.52. The quantitative estimate of drug-likeness (QED) is 0.633. The molecule has 1 aromatic rings. The van der Waals surface area contributed by atoms with Gasteiger partial charge in [-0.25, -0.2) is 14.8 Å². The fourth-order valence-corrected chi connectivity index (χ4v) is 1.23. The summed E-state index contributed by atoms with van der Waals surface area (Å²) < 4.78 is 4.52. The van der Waals surface area contributed by atoms with E-state index in [-0.39, 0.29) is 17.5 Å². The summed E-state index contributed by atoms with van der Waals surface area (Å²) in [6, 6.07) is 0. The molecule has 0 radical (unpaired) electrons. The topological polar surface area (TPSA) is 102 Å². The number of hydrogen-bond donors (Lipinski definition) is 2. The summed E-state index contributed by atoms with van der Waals surface area (Å²) in [4.78, 5) is 23.1.